The van der Waals surface area contributed by atoms with Gasteiger partial charge in [-0.25, -0.2) is 4.79 Å². The van der Waals surface area contributed by atoms with Crippen molar-refractivity contribution in [2.45, 2.75) is 13.1 Å². The molecule has 0 spiro atoms. The lowest BCUT2D eigenvalue weighted by atomic mass is 10.2. The van der Waals surface area contributed by atoms with E-state index in [0.717, 1.165) is 0 Å². The number of halogens is 3. The summed E-state index contributed by atoms with van der Waals surface area (Å²) in [7, 11) is 0. The van der Waals surface area contributed by atoms with Crippen LogP contribution in [0.4, 0.5) is 19.2 Å². The van der Waals surface area contributed by atoms with Crippen LogP contribution in [0.2, 0.25) is 0 Å². The highest BCUT2D eigenvalue weighted by atomic mass is 19.4. The first-order valence-corrected chi connectivity index (χ1v) is 6.44. The van der Waals surface area contributed by atoms with Crippen LogP contribution < -0.4 is 5.32 Å². The minimum Gasteiger partial charge on any atom is -0.460 e. The highest BCUT2D eigenvalue weighted by molar-refractivity contribution is 6.03. The molecule has 1 amide bonds. The number of hydrogen-bond acceptors (Lipinski definition) is 5. The summed E-state index contributed by atoms with van der Waals surface area (Å²) in [6.45, 7) is 1.29. The number of aromatic nitrogens is 1. The Bertz CT molecular complexity index is 711. The summed E-state index contributed by atoms with van der Waals surface area (Å²) in [6.07, 6.45) is -4.93. The molecule has 0 bridgehead atoms. The molecule has 1 heterocycles. The lowest BCUT2D eigenvalue weighted by Gasteiger charge is -2.03. The molecule has 0 unspecified atom stereocenters. The number of ether oxygens (including phenoxy) is 1. The monoisotopic (exact) mass is 328 g/mol. The predicted molar refractivity (Wildman–Crippen MR) is 71.9 cm³/mol. The molecular weight excluding hydrogens is 317 g/mol. The van der Waals surface area contributed by atoms with Crippen LogP contribution >= 0.6 is 0 Å². The van der Waals surface area contributed by atoms with Gasteiger partial charge in [0.05, 0.1) is 6.61 Å². The van der Waals surface area contributed by atoms with Gasteiger partial charge >= 0.3 is 18.2 Å². The summed E-state index contributed by atoms with van der Waals surface area (Å²) < 4.78 is 47.8. The van der Waals surface area contributed by atoms with Crippen molar-refractivity contribution in [3.8, 4) is 0 Å². The molecule has 2 rings (SSSR count). The molecule has 0 aliphatic heterocycles. The van der Waals surface area contributed by atoms with Crippen LogP contribution in [-0.4, -0.2) is 23.5 Å². The molecule has 0 saturated heterocycles. The van der Waals surface area contributed by atoms with E-state index in [1.54, 1.807) is 18.2 Å². The van der Waals surface area contributed by atoms with E-state index in [2.05, 4.69) is 15.0 Å². The molecule has 1 aromatic carbocycles. The SMILES string of the molecule is CCOC(=O)c1oc(NC(=O)c2ccccc2)nc1C(F)(F)F. The second kappa shape index (κ2) is 6.51. The molecule has 2 aromatic rings. The number of nitrogens with zero attached hydrogens (tertiary/aromatic N) is 1. The van der Waals surface area contributed by atoms with Crippen molar-refractivity contribution in [3.63, 3.8) is 0 Å². The van der Waals surface area contributed by atoms with Crippen molar-refractivity contribution >= 4 is 17.9 Å². The summed E-state index contributed by atoms with van der Waals surface area (Å²) >= 11 is 0. The second-order valence-corrected chi connectivity index (χ2v) is 4.24. The molecule has 0 atom stereocenters. The third kappa shape index (κ3) is 3.87. The van der Waals surface area contributed by atoms with E-state index in [9.17, 15) is 22.8 Å². The predicted octanol–water partition coefficient (Wildman–Crippen LogP) is 3.12. The van der Waals surface area contributed by atoms with E-state index >= 15 is 0 Å². The van der Waals surface area contributed by atoms with E-state index in [-0.39, 0.29) is 12.2 Å². The van der Waals surface area contributed by atoms with Crippen molar-refractivity contribution in [2.75, 3.05) is 11.9 Å². The average molecular weight is 328 g/mol. The quantitative estimate of drug-likeness (QED) is 0.872. The highest BCUT2D eigenvalue weighted by Crippen LogP contribution is 2.33. The maximum atomic E-state index is 12.9. The zero-order valence-corrected chi connectivity index (χ0v) is 11.8. The highest BCUT2D eigenvalue weighted by Gasteiger charge is 2.42. The van der Waals surface area contributed by atoms with E-state index in [4.69, 9.17) is 4.42 Å². The molecule has 122 valence electrons. The van der Waals surface area contributed by atoms with Crippen LogP contribution in [-0.2, 0) is 10.9 Å². The number of nitrogens with one attached hydrogen (secondary N) is 1. The van der Waals surface area contributed by atoms with Gasteiger partial charge in [-0.3, -0.25) is 10.1 Å². The first kappa shape index (κ1) is 16.5. The Balaban J connectivity index is 2.30. The Morgan fingerprint density at radius 1 is 1.26 bits per heavy atom. The Morgan fingerprint density at radius 3 is 2.48 bits per heavy atom. The number of oxazole rings is 1. The van der Waals surface area contributed by atoms with Crippen molar-refractivity contribution in [2.24, 2.45) is 0 Å². The third-order valence-corrected chi connectivity index (χ3v) is 2.61. The van der Waals surface area contributed by atoms with E-state index < -0.39 is 35.5 Å². The van der Waals surface area contributed by atoms with Gasteiger partial charge in [-0.15, -0.1) is 0 Å². The topological polar surface area (TPSA) is 81.4 Å². The van der Waals surface area contributed by atoms with E-state index in [1.165, 1.54) is 19.1 Å². The zero-order chi connectivity index (χ0) is 17.0. The lowest BCUT2D eigenvalue weighted by molar-refractivity contribution is -0.141. The normalized spacial score (nSPS) is 11.1. The van der Waals surface area contributed by atoms with Gasteiger partial charge in [-0.1, -0.05) is 18.2 Å². The fourth-order valence-corrected chi connectivity index (χ4v) is 1.66. The van der Waals surface area contributed by atoms with Crippen molar-refractivity contribution < 1.29 is 31.9 Å². The number of esters is 1. The molecule has 0 aliphatic rings. The molecule has 0 radical (unpaired) electrons. The summed E-state index contributed by atoms with van der Waals surface area (Å²) in [5, 5.41) is 2.06. The van der Waals surface area contributed by atoms with E-state index in [1.807, 2.05) is 0 Å². The molecule has 0 aliphatic carbocycles. The largest absolute Gasteiger partial charge is 0.460 e. The standard InChI is InChI=1S/C14H11F3N2O4/c1-2-22-12(21)9-10(14(15,16)17)18-13(23-9)19-11(20)8-6-4-3-5-7-8/h3-7H,2H2,1H3,(H,18,19,20). The van der Waals surface area contributed by atoms with Crippen molar-refractivity contribution in [1.82, 2.24) is 4.98 Å². The number of amides is 1. The second-order valence-electron chi connectivity index (χ2n) is 4.24. The molecule has 0 saturated carbocycles. The molecular formula is C14H11F3N2O4. The van der Waals surface area contributed by atoms with Crippen LogP contribution in [0.1, 0.15) is 33.5 Å². The number of hydrogen-bond donors (Lipinski definition) is 1. The number of carbonyl (C=O) groups is 2. The van der Waals surface area contributed by atoms with Gasteiger partial charge in [-0.2, -0.15) is 18.2 Å². The van der Waals surface area contributed by atoms with Gasteiger partial charge < -0.3 is 9.15 Å². The van der Waals surface area contributed by atoms with Gasteiger partial charge in [0.25, 0.3) is 5.91 Å². The van der Waals surface area contributed by atoms with Crippen molar-refractivity contribution in [3.05, 3.63) is 47.3 Å². The average Bonchev–Trinajstić information content (AvgIpc) is 2.92. The molecule has 1 aromatic heterocycles. The molecule has 6 nitrogen and oxygen atoms in total. The lowest BCUT2D eigenvalue weighted by Crippen LogP contribution is -2.14. The van der Waals surface area contributed by atoms with Crippen LogP contribution in [0.3, 0.4) is 0 Å². The minimum absolute atomic E-state index is 0.136. The molecule has 1 N–H and O–H groups in total. The molecule has 9 heteroatoms. The Hall–Kier alpha value is -2.84. The smallest absolute Gasteiger partial charge is 0.437 e. The Kier molecular flexibility index (Phi) is 4.68. The van der Waals surface area contributed by atoms with Crippen LogP contribution in [0.25, 0.3) is 0 Å². The first-order valence-electron chi connectivity index (χ1n) is 6.44. The number of benzene rings is 1. The van der Waals surface area contributed by atoms with Gasteiger partial charge in [-0.05, 0) is 19.1 Å². The van der Waals surface area contributed by atoms with Crippen LogP contribution in [0, 0.1) is 0 Å². The van der Waals surface area contributed by atoms with Crippen LogP contribution in [0.15, 0.2) is 34.7 Å². The summed E-state index contributed by atoms with van der Waals surface area (Å²) in [5.74, 6) is -3.15. The first-order chi connectivity index (χ1) is 10.8. The van der Waals surface area contributed by atoms with Gasteiger partial charge in [0, 0.05) is 5.56 Å². The van der Waals surface area contributed by atoms with Gasteiger partial charge in [0.1, 0.15) is 0 Å². The summed E-state index contributed by atoms with van der Waals surface area (Å²) in [6, 6.07) is 6.99. The van der Waals surface area contributed by atoms with Gasteiger partial charge in [0.15, 0.2) is 5.69 Å². The molecule has 0 fully saturated rings. The van der Waals surface area contributed by atoms with Crippen LogP contribution in [0.5, 0.6) is 0 Å². The number of carbonyl (C=O) groups excluding carboxylic acids is 2. The van der Waals surface area contributed by atoms with Gasteiger partial charge in [0.2, 0.25) is 5.76 Å². The zero-order valence-electron chi connectivity index (χ0n) is 11.8. The third-order valence-electron chi connectivity index (χ3n) is 2.61. The minimum atomic E-state index is -4.93. The van der Waals surface area contributed by atoms with E-state index in [0.29, 0.717) is 0 Å². The summed E-state index contributed by atoms with van der Waals surface area (Å²) in [5.41, 5.74) is -1.36. The maximum Gasteiger partial charge on any atom is 0.437 e. The fraction of sp³-hybridized carbons (Fsp3) is 0.214. The number of alkyl halides is 3. The summed E-state index contributed by atoms with van der Waals surface area (Å²) in [4.78, 5) is 26.5. The Morgan fingerprint density at radius 2 is 1.91 bits per heavy atom. The Labute approximate surface area is 128 Å². The fourth-order valence-electron chi connectivity index (χ4n) is 1.66. The molecule has 23 heavy (non-hydrogen) atoms. The number of rotatable bonds is 4. The maximum absolute atomic E-state index is 12.9. The van der Waals surface area contributed by atoms with Crippen molar-refractivity contribution in [1.29, 1.82) is 0 Å². The number of anilines is 1.